The number of fused-ring (bicyclic) bond motifs is 1. The largest absolute Gasteiger partial charge is 0.375 e. The molecule has 1 aliphatic rings. The Morgan fingerprint density at radius 2 is 2.18 bits per heavy atom. The molecule has 3 heterocycles. The third-order valence-electron chi connectivity index (χ3n) is 3.84. The highest BCUT2D eigenvalue weighted by Gasteiger charge is 2.22. The van der Waals surface area contributed by atoms with Crippen LogP contribution in [0.1, 0.15) is 12.1 Å². The Kier molecular flexibility index (Phi) is 4.19. The Hall–Kier alpha value is -2.22. The number of aromatic nitrogens is 3. The van der Waals surface area contributed by atoms with Crippen LogP contribution in [0.15, 0.2) is 10.9 Å². The van der Waals surface area contributed by atoms with Gasteiger partial charge in [0.2, 0.25) is 5.91 Å². The first kappa shape index (κ1) is 14.7. The molecule has 1 fully saturated rings. The van der Waals surface area contributed by atoms with E-state index in [9.17, 15) is 4.79 Å². The fraction of sp³-hybridized carbons (Fsp3) is 0.571. The molecule has 0 N–H and O–H groups in total. The molecule has 1 aliphatic heterocycles. The molecule has 0 radical (unpaired) electrons. The van der Waals surface area contributed by atoms with Gasteiger partial charge in [0, 0.05) is 33.3 Å². The van der Waals surface area contributed by atoms with Crippen molar-refractivity contribution < 1.29 is 14.1 Å². The summed E-state index contributed by atoms with van der Waals surface area (Å²) in [4.78, 5) is 24.4. The van der Waals surface area contributed by atoms with E-state index in [0.717, 1.165) is 36.4 Å². The summed E-state index contributed by atoms with van der Waals surface area (Å²) in [7, 11) is 1.54. The predicted molar refractivity (Wildman–Crippen MR) is 79.6 cm³/mol. The molecule has 2 aromatic heterocycles. The molecule has 118 valence electrons. The van der Waals surface area contributed by atoms with Crippen LogP contribution >= 0.6 is 0 Å². The number of carbonyl (C=O) groups is 1. The lowest BCUT2D eigenvalue weighted by Crippen LogP contribution is -2.37. The number of aryl methyl sites for hydroxylation is 1. The molecule has 0 unspecified atom stereocenters. The molecular formula is C14H19N5O3. The summed E-state index contributed by atoms with van der Waals surface area (Å²) < 4.78 is 10.1. The lowest BCUT2D eigenvalue weighted by atomic mass is 10.2. The van der Waals surface area contributed by atoms with Crippen LogP contribution in [0, 0.1) is 6.92 Å². The first-order chi connectivity index (χ1) is 10.7. The second kappa shape index (κ2) is 6.27. The number of hydrogen-bond acceptors (Lipinski definition) is 7. The van der Waals surface area contributed by atoms with Gasteiger partial charge in [0.15, 0.2) is 0 Å². The number of carbonyl (C=O) groups excluding carboxylic acids is 1. The molecule has 8 heteroatoms. The molecule has 0 spiro atoms. The lowest BCUT2D eigenvalue weighted by molar-refractivity contribution is -0.134. The Morgan fingerprint density at radius 3 is 3.00 bits per heavy atom. The average Bonchev–Trinajstić information content (AvgIpc) is 2.75. The summed E-state index contributed by atoms with van der Waals surface area (Å²) in [5, 5.41) is 4.80. The van der Waals surface area contributed by atoms with Crippen molar-refractivity contribution >= 4 is 22.8 Å². The summed E-state index contributed by atoms with van der Waals surface area (Å²) >= 11 is 0. The van der Waals surface area contributed by atoms with Crippen LogP contribution in [0.3, 0.4) is 0 Å². The van der Waals surface area contributed by atoms with Crippen LogP contribution in [-0.2, 0) is 9.53 Å². The van der Waals surface area contributed by atoms with E-state index < -0.39 is 0 Å². The number of nitrogens with zero attached hydrogens (tertiary/aromatic N) is 5. The van der Waals surface area contributed by atoms with E-state index >= 15 is 0 Å². The van der Waals surface area contributed by atoms with Gasteiger partial charge >= 0.3 is 0 Å². The maximum atomic E-state index is 12.0. The van der Waals surface area contributed by atoms with Crippen molar-refractivity contribution in [1.29, 1.82) is 0 Å². The summed E-state index contributed by atoms with van der Waals surface area (Å²) in [6, 6.07) is 0. The van der Waals surface area contributed by atoms with E-state index in [0.29, 0.717) is 18.8 Å². The number of rotatable bonds is 3. The third-order valence-corrected chi connectivity index (χ3v) is 3.84. The SMILES string of the molecule is COCC(=O)N1CCCN(c2ncnc3onc(C)c23)CC1. The molecule has 8 nitrogen and oxygen atoms in total. The molecule has 0 aliphatic carbocycles. The van der Waals surface area contributed by atoms with Gasteiger partial charge in [-0.05, 0) is 13.3 Å². The minimum atomic E-state index is 0.0262. The van der Waals surface area contributed by atoms with Gasteiger partial charge in [-0.1, -0.05) is 5.16 Å². The van der Waals surface area contributed by atoms with E-state index in [1.54, 1.807) is 0 Å². The van der Waals surface area contributed by atoms with Crippen molar-refractivity contribution in [3.05, 3.63) is 12.0 Å². The van der Waals surface area contributed by atoms with Gasteiger partial charge in [0.25, 0.3) is 5.71 Å². The first-order valence-electron chi connectivity index (χ1n) is 7.29. The van der Waals surface area contributed by atoms with Gasteiger partial charge in [-0.15, -0.1) is 0 Å². The Labute approximate surface area is 128 Å². The van der Waals surface area contributed by atoms with Gasteiger partial charge in [-0.3, -0.25) is 4.79 Å². The summed E-state index contributed by atoms with van der Waals surface area (Å²) in [6.45, 7) is 4.93. The quantitative estimate of drug-likeness (QED) is 0.821. The van der Waals surface area contributed by atoms with Crippen LogP contribution in [0.5, 0.6) is 0 Å². The normalized spacial score (nSPS) is 16.1. The molecule has 0 atom stereocenters. The third kappa shape index (κ3) is 2.74. The highest BCUT2D eigenvalue weighted by atomic mass is 16.5. The number of ether oxygens (including phenoxy) is 1. The van der Waals surface area contributed by atoms with Gasteiger partial charge in [0.05, 0.1) is 5.69 Å². The average molecular weight is 305 g/mol. The molecule has 2 aromatic rings. The minimum Gasteiger partial charge on any atom is -0.375 e. The van der Waals surface area contributed by atoms with Crippen molar-refractivity contribution in [1.82, 2.24) is 20.0 Å². The zero-order valence-corrected chi connectivity index (χ0v) is 12.8. The maximum absolute atomic E-state index is 12.0. The maximum Gasteiger partial charge on any atom is 0.263 e. The fourth-order valence-corrected chi connectivity index (χ4v) is 2.74. The van der Waals surface area contributed by atoms with E-state index in [2.05, 4.69) is 20.0 Å². The summed E-state index contributed by atoms with van der Waals surface area (Å²) in [5.74, 6) is 0.850. The highest BCUT2D eigenvalue weighted by Crippen LogP contribution is 2.26. The van der Waals surface area contributed by atoms with Crippen LogP contribution in [0.25, 0.3) is 11.1 Å². The standard InChI is InChI=1S/C14H19N5O3/c1-10-12-13(15-9-16-14(12)22-17-10)19-5-3-4-18(6-7-19)11(20)8-21-2/h9H,3-8H2,1-2H3. The van der Waals surface area contributed by atoms with Crippen molar-refractivity contribution in [2.75, 3.05) is 44.8 Å². The lowest BCUT2D eigenvalue weighted by Gasteiger charge is -2.23. The molecule has 22 heavy (non-hydrogen) atoms. The van der Waals surface area contributed by atoms with Crippen molar-refractivity contribution in [3.8, 4) is 0 Å². The summed E-state index contributed by atoms with van der Waals surface area (Å²) in [5.41, 5.74) is 1.28. The molecule has 1 amide bonds. The van der Waals surface area contributed by atoms with E-state index in [-0.39, 0.29) is 12.5 Å². The predicted octanol–water partition coefficient (Wildman–Crippen LogP) is 0.611. The first-order valence-corrected chi connectivity index (χ1v) is 7.29. The smallest absolute Gasteiger partial charge is 0.263 e. The second-order valence-electron chi connectivity index (χ2n) is 5.30. The topological polar surface area (TPSA) is 84.6 Å². The monoisotopic (exact) mass is 305 g/mol. The molecule has 0 bridgehead atoms. The van der Waals surface area contributed by atoms with Crippen LogP contribution in [0.2, 0.25) is 0 Å². The van der Waals surface area contributed by atoms with Crippen molar-refractivity contribution in [2.24, 2.45) is 0 Å². The van der Waals surface area contributed by atoms with Crippen LogP contribution in [-0.4, -0.2) is 65.8 Å². The summed E-state index contributed by atoms with van der Waals surface area (Å²) in [6.07, 6.45) is 2.37. The molecule has 0 saturated carbocycles. The van der Waals surface area contributed by atoms with Crippen molar-refractivity contribution in [2.45, 2.75) is 13.3 Å². The van der Waals surface area contributed by atoms with E-state index in [1.165, 1.54) is 13.4 Å². The van der Waals surface area contributed by atoms with Gasteiger partial charge in [0.1, 0.15) is 24.1 Å². The number of hydrogen-bond donors (Lipinski definition) is 0. The molecule has 0 aromatic carbocycles. The number of anilines is 1. The Morgan fingerprint density at radius 1 is 1.32 bits per heavy atom. The molecular weight excluding hydrogens is 286 g/mol. The van der Waals surface area contributed by atoms with E-state index in [4.69, 9.17) is 9.26 Å². The van der Waals surface area contributed by atoms with Crippen molar-refractivity contribution in [3.63, 3.8) is 0 Å². The Bertz CT molecular complexity index is 672. The molecule has 3 rings (SSSR count). The van der Waals surface area contributed by atoms with Gasteiger partial charge in [-0.2, -0.15) is 4.98 Å². The molecule has 1 saturated heterocycles. The van der Waals surface area contributed by atoms with Gasteiger partial charge in [-0.25, -0.2) is 4.98 Å². The fourth-order valence-electron chi connectivity index (χ4n) is 2.74. The number of methoxy groups -OCH3 is 1. The number of amides is 1. The second-order valence-corrected chi connectivity index (χ2v) is 5.30. The Balaban J connectivity index is 1.81. The van der Waals surface area contributed by atoms with Crippen LogP contribution in [0.4, 0.5) is 5.82 Å². The zero-order valence-electron chi connectivity index (χ0n) is 12.8. The van der Waals surface area contributed by atoms with E-state index in [1.807, 2.05) is 11.8 Å². The zero-order chi connectivity index (χ0) is 15.5. The minimum absolute atomic E-state index is 0.0262. The van der Waals surface area contributed by atoms with Crippen LogP contribution < -0.4 is 4.90 Å². The highest BCUT2D eigenvalue weighted by molar-refractivity contribution is 5.87. The van der Waals surface area contributed by atoms with Gasteiger partial charge < -0.3 is 19.1 Å².